The number of ether oxygens (including phenoxy) is 1. The van der Waals surface area contributed by atoms with Crippen LogP contribution in [0, 0.1) is 0 Å². The van der Waals surface area contributed by atoms with Gasteiger partial charge in [0.15, 0.2) is 0 Å². The minimum atomic E-state index is -0.399. The zero-order valence-electron chi connectivity index (χ0n) is 6.24. The summed E-state index contributed by atoms with van der Waals surface area (Å²) in [7, 11) is 1.34. The highest BCUT2D eigenvalue weighted by molar-refractivity contribution is 5.85. The van der Waals surface area contributed by atoms with E-state index in [9.17, 15) is 4.79 Å². The quantitative estimate of drug-likeness (QED) is 0.526. The van der Waals surface area contributed by atoms with Gasteiger partial charge in [-0.05, 0) is 0 Å². The van der Waals surface area contributed by atoms with Crippen LogP contribution in [0.1, 0.15) is 6.42 Å². The van der Waals surface area contributed by atoms with Crippen LogP contribution in [-0.4, -0.2) is 36.9 Å². The number of esters is 1. The molecule has 1 aliphatic heterocycles. The second kappa shape index (κ2) is 4.54. The van der Waals surface area contributed by atoms with E-state index in [2.05, 4.69) is 10.1 Å². The van der Waals surface area contributed by atoms with Gasteiger partial charge < -0.3 is 15.2 Å². The van der Waals surface area contributed by atoms with E-state index in [4.69, 9.17) is 5.11 Å². The van der Waals surface area contributed by atoms with Crippen LogP contribution in [0.15, 0.2) is 0 Å². The highest BCUT2D eigenvalue weighted by atomic mass is 35.5. The Kier molecular flexibility index (Phi) is 4.40. The van der Waals surface area contributed by atoms with Gasteiger partial charge in [-0.1, -0.05) is 0 Å². The molecule has 0 aromatic heterocycles. The minimum Gasteiger partial charge on any atom is -0.468 e. The lowest BCUT2D eigenvalue weighted by atomic mass is 10.2. The summed E-state index contributed by atoms with van der Waals surface area (Å²) in [6.45, 7) is 0.486. The summed E-state index contributed by atoms with van der Waals surface area (Å²) in [5.74, 6) is -0.295. The van der Waals surface area contributed by atoms with Crippen LogP contribution >= 0.6 is 12.4 Å². The van der Waals surface area contributed by atoms with E-state index in [-0.39, 0.29) is 24.4 Å². The molecule has 1 rings (SSSR count). The van der Waals surface area contributed by atoms with E-state index in [1.807, 2.05) is 0 Å². The third-order valence-electron chi connectivity index (χ3n) is 1.59. The van der Waals surface area contributed by atoms with Crippen LogP contribution in [0.3, 0.4) is 0 Å². The van der Waals surface area contributed by atoms with Gasteiger partial charge in [0.25, 0.3) is 0 Å². The minimum absolute atomic E-state index is 0. The Morgan fingerprint density at radius 1 is 1.73 bits per heavy atom. The highest BCUT2D eigenvalue weighted by Crippen LogP contribution is 2.06. The Balaban J connectivity index is 0.000001000. The molecule has 0 saturated carbocycles. The highest BCUT2D eigenvalue weighted by Gasteiger charge is 2.28. The van der Waals surface area contributed by atoms with Gasteiger partial charge in [0, 0.05) is 13.0 Å². The topological polar surface area (TPSA) is 58.6 Å². The number of aliphatic hydroxyl groups excluding tert-OH is 1. The number of methoxy groups -OCH3 is 1. The molecule has 0 aromatic carbocycles. The predicted molar refractivity (Wildman–Crippen MR) is 41.7 cm³/mol. The number of carbonyl (C=O) groups is 1. The molecule has 1 saturated heterocycles. The van der Waals surface area contributed by atoms with Crippen molar-refractivity contribution in [2.24, 2.45) is 0 Å². The molecule has 0 amide bonds. The number of β-amino-alcohol motifs (C(OH)–C–C–N with tert-alkyl or cyclic N) is 1. The van der Waals surface area contributed by atoms with E-state index in [1.165, 1.54) is 7.11 Å². The lowest BCUT2D eigenvalue weighted by molar-refractivity contribution is -0.142. The molecule has 1 fully saturated rings. The van der Waals surface area contributed by atoms with Gasteiger partial charge in [-0.2, -0.15) is 0 Å². The molecule has 0 unspecified atom stereocenters. The number of halogens is 1. The molecule has 11 heavy (non-hydrogen) atoms. The summed E-state index contributed by atoms with van der Waals surface area (Å²) < 4.78 is 4.47. The van der Waals surface area contributed by atoms with Crippen molar-refractivity contribution < 1.29 is 14.6 Å². The molecular weight excluding hydrogens is 170 g/mol. The zero-order valence-corrected chi connectivity index (χ0v) is 7.06. The second-order valence-corrected chi connectivity index (χ2v) is 2.37. The van der Waals surface area contributed by atoms with Crippen molar-refractivity contribution in [1.29, 1.82) is 0 Å². The SMILES string of the molecule is COC(=O)[C@@H]1C[C@H](O)CN1.Cl. The first-order valence-corrected chi connectivity index (χ1v) is 3.23. The average molecular weight is 182 g/mol. The first-order chi connectivity index (χ1) is 4.74. The van der Waals surface area contributed by atoms with E-state index >= 15 is 0 Å². The molecule has 66 valence electrons. The molecule has 0 radical (unpaired) electrons. The Morgan fingerprint density at radius 3 is 2.73 bits per heavy atom. The number of hydrogen-bond donors (Lipinski definition) is 2. The van der Waals surface area contributed by atoms with Gasteiger partial charge in [-0.15, -0.1) is 12.4 Å². The fourth-order valence-electron chi connectivity index (χ4n) is 1.04. The summed E-state index contributed by atoms with van der Waals surface area (Å²) in [6.07, 6.45) is 0.0660. The van der Waals surface area contributed by atoms with Crippen LogP contribution in [0.2, 0.25) is 0 Å². The van der Waals surface area contributed by atoms with Crippen LogP contribution in [0.5, 0.6) is 0 Å². The number of aliphatic hydroxyl groups is 1. The summed E-state index contributed by atoms with van der Waals surface area (Å²) in [4.78, 5) is 10.8. The van der Waals surface area contributed by atoms with Gasteiger partial charge in [0.2, 0.25) is 0 Å². The van der Waals surface area contributed by atoms with Crippen LogP contribution < -0.4 is 5.32 Å². The molecule has 0 aliphatic carbocycles. The normalized spacial score (nSPS) is 29.3. The van der Waals surface area contributed by atoms with E-state index in [1.54, 1.807) is 0 Å². The third-order valence-corrected chi connectivity index (χ3v) is 1.59. The summed E-state index contributed by atoms with van der Waals surface area (Å²) in [6, 6.07) is -0.306. The van der Waals surface area contributed by atoms with E-state index in [0.29, 0.717) is 13.0 Å². The molecule has 5 heteroatoms. The Labute approximate surface area is 71.3 Å². The molecule has 0 bridgehead atoms. The first-order valence-electron chi connectivity index (χ1n) is 3.23. The molecular formula is C6H12ClNO3. The standard InChI is InChI=1S/C6H11NO3.ClH/c1-10-6(9)5-2-4(8)3-7-5;/h4-5,7-8H,2-3H2,1H3;1H/t4-,5-;/m0./s1. The van der Waals surface area contributed by atoms with Gasteiger partial charge in [0.05, 0.1) is 13.2 Å². The van der Waals surface area contributed by atoms with Gasteiger partial charge in [-0.3, -0.25) is 4.79 Å². The maximum absolute atomic E-state index is 10.8. The zero-order chi connectivity index (χ0) is 7.56. The van der Waals surface area contributed by atoms with Crippen LogP contribution in [-0.2, 0) is 9.53 Å². The molecule has 2 N–H and O–H groups in total. The predicted octanol–water partition coefficient (Wildman–Crippen LogP) is -0.696. The van der Waals surface area contributed by atoms with E-state index in [0.717, 1.165) is 0 Å². The fraction of sp³-hybridized carbons (Fsp3) is 0.833. The fourth-order valence-corrected chi connectivity index (χ4v) is 1.04. The lowest BCUT2D eigenvalue weighted by Crippen LogP contribution is -2.31. The molecule has 1 heterocycles. The number of carbonyl (C=O) groups excluding carboxylic acids is 1. The van der Waals surface area contributed by atoms with Crippen molar-refractivity contribution in [3.05, 3.63) is 0 Å². The van der Waals surface area contributed by atoms with Crippen molar-refractivity contribution >= 4 is 18.4 Å². The Hall–Kier alpha value is -0.320. The van der Waals surface area contributed by atoms with Gasteiger partial charge >= 0.3 is 5.97 Å². The monoisotopic (exact) mass is 181 g/mol. The van der Waals surface area contributed by atoms with Crippen LogP contribution in [0.4, 0.5) is 0 Å². The second-order valence-electron chi connectivity index (χ2n) is 2.37. The van der Waals surface area contributed by atoms with Crippen molar-refractivity contribution in [2.45, 2.75) is 18.6 Å². The maximum Gasteiger partial charge on any atom is 0.322 e. The van der Waals surface area contributed by atoms with Crippen molar-refractivity contribution in [1.82, 2.24) is 5.32 Å². The molecule has 2 atom stereocenters. The molecule has 0 spiro atoms. The third kappa shape index (κ3) is 2.65. The van der Waals surface area contributed by atoms with Gasteiger partial charge in [-0.25, -0.2) is 0 Å². The molecule has 1 aliphatic rings. The molecule has 4 nitrogen and oxygen atoms in total. The van der Waals surface area contributed by atoms with Crippen molar-refractivity contribution in [2.75, 3.05) is 13.7 Å². The Morgan fingerprint density at radius 2 is 2.36 bits per heavy atom. The van der Waals surface area contributed by atoms with Crippen LogP contribution in [0.25, 0.3) is 0 Å². The van der Waals surface area contributed by atoms with Gasteiger partial charge in [0.1, 0.15) is 6.04 Å². The number of rotatable bonds is 1. The summed E-state index contributed by atoms with van der Waals surface area (Å²) in [5.41, 5.74) is 0. The van der Waals surface area contributed by atoms with Crippen molar-refractivity contribution in [3.63, 3.8) is 0 Å². The lowest BCUT2D eigenvalue weighted by Gasteiger charge is -2.05. The maximum atomic E-state index is 10.8. The summed E-state index contributed by atoms with van der Waals surface area (Å²) in [5, 5.41) is 11.8. The summed E-state index contributed by atoms with van der Waals surface area (Å²) >= 11 is 0. The Bertz CT molecular complexity index is 142. The average Bonchev–Trinajstić information content (AvgIpc) is 2.34. The van der Waals surface area contributed by atoms with E-state index < -0.39 is 6.10 Å². The smallest absolute Gasteiger partial charge is 0.322 e. The largest absolute Gasteiger partial charge is 0.468 e. The number of hydrogen-bond acceptors (Lipinski definition) is 4. The first kappa shape index (κ1) is 10.7. The number of nitrogens with one attached hydrogen (secondary N) is 1. The van der Waals surface area contributed by atoms with Crippen molar-refractivity contribution in [3.8, 4) is 0 Å². The molecule has 0 aromatic rings.